The lowest BCUT2D eigenvalue weighted by Gasteiger charge is -2.26. The number of amides is 1. The average molecular weight is 361 g/mol. The molecule has 4 rings (SSSR count). The molecule has 27 heavy (non-hydrogen) atoms. The summed E-state index contributed by atoms with van der Waals surface area (Å²) in [5.41, 5.74) is 4.92. The molecule has 0 saturated carbocycles. The number of para-hydroxylation sites is 2. The molecular weight excluding hydrogens is 338 g/mol. The number of carbonyl (C=O) groups is 1. The van der Waals surface area contributed by atoms with Crippen LogP contribution in [0.25, 0.3) is 5.69 Å². The predicted molar refractivity (Wildman–Crippen MR) is 104 cm³/mol. The number of nitrogens with one attached hydrogen (secondary N) is 1. The number of carbonyl (C=O) groups excluding carboxylic acids is 1. The quantitative estimate of drug-likeness (QED) is 0.771. The van der Waals surface area contributed by atoms with E-state index in [0.717, 1.165) is 40.4 Å². The minimum absolute atomic E-state index is 0.00719. The van der Waals surface area contributed by atoms with Gasteiger partial charge >= 0.3 is 0 Å². The lowest BCUT2D eigenvalue weighted by molar-refractivity contribution is -0.121. The van der Waals surface area contributed by atoms with Crippen LogP contribution in [0.3, 0.4) is 0 Å². The van der Waals surface area contributed by atoms with Gasteiger partial charge in [0.1, 0.15) is 5.75 Å². The summed E-state index contributed by atoms with van der Waals surface area (Å²) in [5.74, 6) is 0.869. The molecule has 5 heteroatoms. The van der Waals surface area contributed by atoms with E-state index in [1.54, 1.807) is 0 Å². The largest absolute Gasteiger partial charge is 0.493 e. The van der Waals surface area contributed by atoms with E-state index in [1.807, 2.05) is 73.1 Å². The first-order valence-electron chi connectivity index (χ1n) is 9.25. The molecule has 3 aromatic rings. The van der Waals surface area contributed by atoms with Gasteiger partial charge in [0.25, 0.3) is 0 Å². The molecule has 0 saturated heterocycles. The first-order chi connectivity index (χ1) is 13.1. The molecule has 0 aliphatic carbocycles. The van der Waals surface area contributed by atoms with Crippen LogP contribution in [0.4, 0.5) is 0 Å². The summed E-state index contributed by atoms with van der Waals surface area (Å²) in [4.78, 5) is 12.8. The van der Waals surface area contributed by atoms with Gasteiger partial charge in [-0.05, 0) is 32.0 Å². The molecule has 0 unspecified atom stereocenters. The monoisotopic (exact) mass is 361 g/mol. The second-order valence-corrected chi connectivity index (χ2v) is 6.87. The number of ether oxygens (including phenoxy) is 1. The van der Waals surface area contributed by atoms with E-state index in [0.29, 0.717) is 13.0 Å². The summed E-state index contributed by atoms with van der Waals surface area (Å²) in [6.45, 7) is 4.59. The number of nitrogens with zero attached hydrogens (tertiary/aromatic N) is 2. The van der Waals surface area contributed by atoms with Gasteiger partial charge in [-0.1, -0.05) is 36.4 Å². The first-order valence-corrected chi connectivity index (χ1v) is 9.25. The molecule has 5 nitrogen and oxygen atoms in total. The van der Waals surface area contributed by atoms with Gasteiger partial charge in [0.2, 0.25) is 5.91 Å². The number of fused-ring (bicyclic) bond motifs is 1. The maximum atomic E-state index is 12.8. The Morgan fingerprint density at radius 1 is 1.15 bits per heavy atom. The fraction of sp³-hybridized carbons (Fsp3) is 0.273. The van der Waals surface area contributed by atoms with Crippen molar-refractivity contribution in [2.75, 3.05) is 6.61 Å². The highest BCUT2D eigenvalue weighted by Gasteiger charge is 2.24. The van der Waals surface area contributed by atoms with Gasteiger partial charge in [-0.15, -0.1) is 0 Å². The van der Waals surface area contributed by atoms with Gasteiger partial charge in [-0.2, -0.15) is 5.10 Å². The van der Waals surface area contributed by atoms with Crippen molar-refractivity contribution in [2.45, 2.75) is 32.7 Å². The molecule has 1 atom stereocenters. The summed E-state index contributed by atoms with van der Waals surface area (Å²) in [5, 5.41) is 7.80. The van der Waals surface area contributed by atoms with Crippen LogP contribution in [-0.2, 0) is 11.2 Å². The van der Waals surface area contributed by atoms with Crippen LogP contribution in [0.1, 0.15) is 35.0 Å². The second kappa shape index (κ2) is 7.27. The Kier molecular flexibility index (Phi) is 4.67. The zero-order valence-electron chi connectivity index (χ0n) is 15.6. The minimum atomic E-state index is -0.00719. The van der Waals surface area contributed by atoms with Crippen LogP contribution in [0, 0.1) is 13.8 Å². The molecule has 0 spiro atoms. The summed E-state index contributed by atoms with van der Waals surface area (Å²) >= 11 is 0. The molecule has 0 radical (unpaired) electrons. The van der Waals surface area contributed by atoms with E-state index >= 15 is 0 Å². The third kappa shape index (κ3) is 3.45. The van der Waals surface area contributed by atoms with Crippen molar-refractivity contribution in [3.63, 3.8) is 0 Å². The normalized spacial score (nSPS) is 15.7. The zero-order chi connectivity index (χ0) is 18.8. The van der Waals surface area contributed by atoms with Gasteiger partial charge in [0.05, 0.1) is 30.5 Å². The minimum Gasteiger partial charge on any atom is -0.493 e. The van der Waals surface area contributed by atoms with Crippen LogP contribution in [0.2, 0.25) is 0 Å². The highest BCUT2D eigenvalue weighted by Crippen LogP contribution is 2.31. The van der Waals surface area contributed by atoms with E-state index in [1.165, 1.54) is 0 Å². The molecule has 1 aliphatic heterocycles. The Labute approximate surface area is 159 Å². The lowest BCUT2D eigenvalue weighted by Crippen LogP contribution is -2.33. The molecule has 0 bridgehead atoms. The molecule has 2 aromatic carbocycles. The summed E-state index contributed by atoms with van der Waals surface area (Å²) in [6.07, 6.45) is 1.11. The highest BCUT2D eigenvalue weighted by atomic mass is 16.5. The van der Waals surface area contributed by atoms with Crippen LogP contribution in [0.15, 0.2) is 54.6 Å². The molecule has 1 aliphatic rings. The molecular formula is C22H23N3O2. The van der Waals surface area contributed by atoms with Crippen molar-refractivity contribution in [3.8, 4) is 11.4 Å². The van der Waals surface area contributed by atoms with Crippen molar-refractivity contribution in [1.29, 1.82) is 0 Å². The van der Waals surface area contributed by atoms with E-state index in [9.17, 15) is 4.79 Å². The van der Waals surface area contributed by atoms with Crippen molar-refractivity contribution in [3.05, 3.63) is 77.1 Å². The number of aryl methyl sites for hydroxylation is 1. The number of aromatic nitrogens is 2. The molecule has 0 fully saturated rings. The molecule has 138 valence electrons. The Morgan fingerprint density at radius 3 is 2.70 bits per heavy atom. The van der Waals surface area contributed by atoms with Gasteiger partial charge in [0.15, 0.2) is 0 Å². The Hall–Kier alpha value is -3.08. The average Bonchev–Trinajstić information content (AvgIpc) is 2.97. The van der Waals surface area contributed by atoms with Gasteiger partial charge < -0.3 is 10.1 Å². The number of hydrogen-bond donors (Lipinski definition) is 1. The number of rotatable bonds is 4. The van der Waals surface area contributed by atoms with Gasteiger partial charge in [0, 0.05) is 23.2 Å². The van der Waals surface area contributed by atoms with Crippen LogP contribution >= 0.6 is 0 Å². The van der Waals surface area contributed by atoms with Crippen molar-refractivity contribution in [2.24, 2.45) is 0 Å². The van der Waals surface area contributed by atoms with E-state index in [-0.39, 0.29) is 11.9 Å². The highest BCUT2D eigenvalue weighted by molar-refractivity contribution is 5.79. The lowest BCUT2D eigenvalue weighted by atomic mass is 10.00. The predicted octanol–water partition coefficient (Wildman–Crippen LogP) is 3.67. The zero-order valence-corrected chi connectivity index (χ0v) is 15.6. The van der Waals surface area contributed by atoms with E-state index in [4.69, 9.17) is 4.74 Å². The fourth-order valence-corrected chi connectivity index (χ4v) is 3.65. The number of benzene rings is 2. The maximum absolute atomic E-state index is 12.8. The van der Waals surface area contributed by atoms with Gasteiger partial charge in [-0.3, -0.25) is 4.79 Å². The smallest absolute Gasteiger partial charge is 0.225 e. The topological polar surface area (TPSA) is 56.2 Å². The maximum Gasteiger partial charge on any atom is 0.225 e. The van der Waals surface area contributed by atoms with Crippen molar-refractivity contribution < 1.29 is 9.53 Å². The second-order valence-electron chi connectivity index (χ2n) is 6.87. The van der Waals surface area contributed by atoms with E-state index in [2.05, 4.69) is 10.4 Å². The standard InChI is InChI=1S/C22H23N3O2/c1-15-19(16(2)25(24-15)17-8-4-3-5-9-17)14-22(26)23-20-12-13-27-21-11-7-6-10-18(20)21/h3-11,20H,12-14H2,1-2H3,(H,23,26)/t20-/m1/s1. The first kappa shape index (κ1) is 17.3. The summed E-state index contributed by atoms with van der Waals surface area (Å²) < 4.78 is 7.58. The van der Waals surface area contributed by atoms with Crippen LogP contribution in [0.5, 0.6) is 5.75 Å². The molecule has 2 heterocycles. The third-order valence-electron chi connectivity index (χ3n) is 5.07. The fourth-order valence-electron chi connectivity index (χ4n) is 3.65. The molecule has 1 N–H and O–H groups in total. The van der Waals surface area contributed by atoms with Gasteiger partial charge in [-0.25, -0.2) is 4.68 Å². The Morgan fingerprint density at radius 2 is 1.89 bits per heavy atom. The third-order valence-corrected chi connectivity index (χ3v) is 5.07. The molecule has 1 aromatic heterocycles. The Balaban J connectivity index is 1.52. The van der Waals surface area contributed by atoms with Crippen molar-refractivity contribution in [1.82, 2.24) is 15.1 Å². The van der Waals surface area contributed by atoms with Crippen molar-refractivity contribution >= 4 is 5.91 Å². The van der Waals surface area contributed by atoms with Crippen LogP contribution in [-0.4, -0.2) is 22.3 Å². The van der Waals surface area contributed by atoms with Crippen LogP contribution < -0.4 is 10.1 Å². The Bertz CT molecular complexity index is 963. The molecule has 1 amide bonds. The summed E-state index contributed by atoms with van der Waals surface area (Å²) in [6, 6.07) is 17.9. The summed E-state index contributed by atoms with van der Waals surface area (Å²) in [7, 11) is 0. The number of hydrogen-bond acceptors (Lipinski definition) is 3. The van der Waals surface area contributed by atoms with E-state index < -0.39 is 0 Å². The SMILES string of the molecule is Cc1nn(-c2ccccc2)c(C)c1CC(=O)N[C@@H]1CCOc2ccccc21.